The minimum atomic E-state index is -0.0499. The highest BCUT2D eigenvalue weighted by atomic mass is 16.5. The number of hydrogen-bond acceptors (Lipinski definition) is 6. The van der Waals surface area contributed by atoms with Crippen molar-refractivity contribution in [3.05, 3.63) is 84.4 Å². The average molecular weight is 482 g/mol. The lowest BCUT2D eigenvalue weighted by Gasteiger charge is -2.30. The van der Waals surface area contributed by atoms with E-state index in [2.05, 4.69) is 10.6 Å². The van der Waals surface area contributed by atoms with Gasteiger partial charge in [0.05, 0.1) is 5.52 Å². The number of fused-ring (bicyclic) bond motifs is 1. The van der Waals surface area contributed by atoms with Gasteiger partial charge in [0.2, 0.25) is 5.95 Å². The van der Waals surface area contributed by atoms with Gasteiger partial charge in [0.25, 0.3) is 5.91 Å². The van der Waals surface area contributed by atoms with Crippen LogP contribution in [-0.4, -0.2) is 42.1 Å². The van der Waals surface area contributed by atoms with E-state index >= 15 is 0 Å². The smallest absolute Gasteiger partial charge is 0.251 e. The minimum absolute atomic E-state index is 0.0499. The van der Waals surface area contributed by atoms with Crippen molar-refractivity contribution < 1.29 is 9.53 Å². The van der Waals surface area contributed by atoms with Crippen molar-refractivity contribution in [2.75, 3.05) is 24.3 Å². The third-order valence-corrected chi connectivity index (χ3v) is 6.50. The number of ether oxygens (including phenoxy) is 1. The summed E-state index contributed by atoms with van der Waals surface area (Å²) < 4.78 is 5.82. The van der Waals surface area contributed by atoms with Crippen molar-refractivity contribution in [3.63, 3.8) is 0 Å². The molecule has 184 valence electrons. The van der Waals surface area contributed by atoms with Crippen LogP contribution < -0.4 is 20.3 Å². The maximum Gasteiger partial charge on any atom is 0.251 e. The summed E-state index contributed by atoms with van der Waals surface area (Å²) in [5.74, 6) is 2.99. The van der Waals surface area contributed by atoms with Crippen molar-refractivity contribution in [1.29, 1.82) is 0 Å². The fourth-order valence-corrected chi connectivity index (χ4v) is 4.60. The molecule has 3 aromatic carbocycles. The molecule has 0 spiro atoms. The molecule has 0 aliphatic heterocycles. The second-order valence-corrected chi connectivity index (χ2v) is 9.39. The first kappa shape index (κ1) is 23.6. The molecule has 1 aliphatic carbocycles. The molecule has 1 aromatic heterocycles. The summed E-state index contributed by atoms with van der Waals surface area (Å²) in [7, 11) is 3.99. The number of anilines is 2. The summed E-state index contributed by atoms with van der Waals surface area (Å²) in [5.41, 5.74) is 1.57. The zero-order chi connectivity index (χ0) is 24.9. The SMILES string of the molecule is CN(C)c1nc(N[C@H]2CC[C@@H](NC(=O)c3ccc(Oc4ccccc4)cc3)CC2)nc2ccccc12. The van der Waals surface area contributed by atoms with Gasteiger partial charge in [-0.1, -0.05) is 30.3 Å². The predicted octanol–water partition coefficient (Wildman–Crippen LogP) is 5.64. The minimum Gasteiger partial charge on any atom is -0.457 e. The molecule has 0 unspecified atom stereocenters. The van der Waals surface area contributed by atoms with Gasteiger partial charge in [0, 0.05) is 37.1 Å². The number of rotatable bonds is 7. The third kappa shape index (κ3) is 5.57. The van der Waals surface area contributed by atoms with Gasteiger partial charge >= 0.3 is 0 Å². The van der Waals surface area contributed by atoms with E-state index in [0.717, 1.165) is 48.2 Å². The fourth-order valence-electron chi connectivity index (χ4n) is 4.60. The Morgan fingerprint density at radius 1 is 0.806 bits per heavy atom. The maximum absolute atomic E-state index is 12.8. The Labute approximate surface area is 211 Å². The molecule has 4 aromatic rings. The highest BCUT2D eigenvalue weighted by molar-refractivity contribution is 5.94. The summed E-state index contributed by atoms with van der Waals surface area (Å²) in [6.07, 6.45) is 3.71. The lowest BCUT2D eigenvalue weighted by atomic mass is 9.91. The Morgan fingerprint density at radius 3 is 2.17 bits per heavy atom. The van der Waals surface area contributed by atoms with E-state index in [1.165, 1.54) is 0 Å². The molecule has 0 saturated heterocycles. The molecule has 7 heteroatoms. The number of nitrogens with one attached hydrogen (secondary N) is 2. The van der Waals surface area contributed by atoms with Crippen molar-refractivity contribution in [2.24, 2.45) is 0 Å². The molecule has 1 saturated carbocycles. The van der Waals surface area contributed by atoms with E-state index in [1.54, 1.807) is 12.1 Å². The van der Waals surface area contributed by atoms with Crippen molar-refractivity contribution in [1.82, 2.24) is 15.3 Å². The first-order chi connectivity index (χ1) is 17.5. The van der Waals surface area contributed by atoms with Gasteiger partial charge in [-0.05, 0) is 74.2 Å². The van der Waals surface area contributed by atoms with Gasteiger partial charge in [-0.3, -0.25) is 4.79 Å². The quantitative estimate of drug-likeness (QED) is 0.356. The summed E-state index contributed by atoms with van der Waals surface area (Å²) in [6.45, 7) is 0. The van der Waals surface area contributed by atoms with Crippen molar-refractivity contribution in [2.45, 2.75) is 37.8 Å². The molecular weight excluding hydrogens is 450 g/mol. The fraction of sp³-hybridized carbons (Fsp3) is 0.276. The van der Waals surface area contributed by atoms with Gasteiger partial charge in [0.15, 0.2) is 0 Å². The van der Waals surface area contributed by atoms with E-state index in [-0.39, 0.29) is 18.0 Å². The lowest BCUT2D eigenvalue weighted by Crippen LogP contribution is -2.40. The molecule has 0 radical (unpaired) electrons. The Bertz CT molecular complexity index is 1320. The molecule has 7 nitrogen and oxygen atoms in total. The Hall–Kier alpha value is -4.13. The summed E-state index contributed by atoms with van der Waals surface area (Å²) in [4.78, 5) is 24.3. The summed E-state index contributed by atoms with van der Waals surface area (Å²) in [5, 5.41) is 7.76. The number of carbonyl (C=O) groups is 1. The highest BCUT2D eigenvalue weighted by Gasteiger charge is 2.24. The molecule has 36 heavy (non-hydrogen) atoms. The maximum atomic E-state index is 12.8. The van der Waals surface area contributed by atoms with Crippen LogP contribution in [0.25, 0.3) is 10.9 Å². The van der Waals surface area contributed by atoms with Gasteiger partial charge in [-0.25, -0.2) is 4.98 Å². The lowest BCUT2D eigenvalue weighted by molar-refractivity contribution is 0.0926. The Balaban J connectivity index is 1.14. The van der Waals surface area contributed by atoms with Crippen LogP contribution in [0.3, 0.4) is 0 Å². The van der Waals surface area contributed by atoms with Crippen LogP contribution in [0.4, 0.5) is 11.8 Å². The van der Waals surface area contributed by atoms with Gasteiger partial charge in [0.1, 0.15) is 17.3 Å². The topological polar surface area (TPSA) is 79.4 Å². The zero-order valence-electron chi connectivity index (χ0n) is 20.6. The van der Waals surface area contributed by atoms with Crippen LogP contribution in [0.5, 0.6) is 11.5 Å². The molecule has 1 heterocycles. The van der Waals surface area contributed by atoms with Crippen molar-refractivity contribution in [3.8, 4) is 11.5 Å². The number of amides is 1. The van der Waals surface area contributed by atoms with Crippen LogP contribution in [0.2, 0.25) is 0 Å². The normalized spacial score (nSPS) is 17.4. The molecule has 0 bridgehead atoms. The largest absolute Gasteiger partial charge is 0.457 e. The molecule has 1 aliphatic rings. The number of hydrogen-bond donors (Lipinski definition) is 2. The van der Waals surface area contributed by atoms with Crippen LogP contribution in [0.15, 0.2) is 78.9 Å². The molecular formula is C29H31N5O2. The second-order valence-electron chi connectivity index (χ2n) is 9.39. The van der Waals surface area contributed by atoms with Gasteiger partial charge < -0.3 is 20.3 Å². The van der Waals surface area contributed by atoms with Crippen LogP contribution >= 0.6 is 0 Å². The predicted molar refractivity (Wildman–Crippen MR) is 144 cm³/mol. The van der Waals surface area contributed by atoms with Gasteiger partial charge in [-0.15, -0.1) is 0 Å². The number of para-hydroxylation sites is 2. The van der Waals surface area contributed by atoms with Crippen molar-refractivity contribution >= 4 is 28.6 Å². The molecule has 5 rings (SSSR count). The average Bonchev–Trinajstić information content (AvgIpc) is 2.90. The van der Waals surface area contributed by atoms with E-state index in [1.807, 2.05) is 85.7 Å². The van der Waals surface area contributed by atoms with E-state index < -0.39 is 0 Å². The first-order valence-corrected chi connectivity index (χ1v) is 12.4. The number of aromatic nitrogens is 2. The molecule has 1 fully saturated rings. The molecule has 0 atom stereocenters. The number of carbonyl (C=O) groups excluding carboxylic acids is 1. The summed E-state index contributed by atoms with van der Waals surface area (Å²) in [6, 6.07) is 25.4. The van der Waals surface area contributed by atoms with E-state index in [4.69, 9.17) is 14.7 Å². The van der Waals surface area contributed by atoms with Crippen LogP contribution in [0, 0.1) is 0 Å². The number of nitrogens with zero attached hydrogens (tertiary/aromatic N) is 3. The van der Waals surface area contributed by atoms with Crippen LogP contribution in [0.1, 0.15) is 36.0 Å². The zero-order valence-corrected chi connectivity index (χ0v) is 20.6. The standard InChI is InChI=1S/C29H31N5O2/c1-34(2)27-25-10-6-7-11-26(25)32-29(33-27)31-22-16-14-21(15-17-22)30-28(35)20-12-18-24(19-13-20)36-23-8-4-3-5-9-23/h3-13,18-19,21-22H,14-17H2,1-2H3,(H,30,35)(H,31,32,33)/t21-,22+. The number of benzene rings is 3. The molecule has 2 N–H and O–H groups in total. The van der Waals surface area contributed by atoms with E-state index in [0.29, 0.717) is 17.3 Å². The first-order valence-electron chi connectivity index (χ1n) is 12.4. The Morgan fingerprint density at radius 2 is 1.44 bits per heavy atom. The highest BCUT2D eigenvalue weighted by Crippen LogP contribution is 2.27. The van der Waals surface area contributed by atoms with Gasteiger partial charge in [-0.2, -0.15) is 4.98 Å². The Kier molecular flexibility index (Phi) is 6.98. The second kappa shape index (κ2) is 10.6. The third-order valence-electron chi connectivity index (χ3n) is 6.50. The summed E-state index contributed by atoms with van der Waals surface area (Å²) >= 11 is 0. The van der Waals surface area contributed by atoms with E-state index in [9.17, 15) is 4.79 Å². The monoisotopic (exact) mass is 481 g/mol. The van der Waals surface area contributed by atoms with Crippen LogP contribution in [-0.2, 0) is 0 Å². The molecule has 1 amide bonds.